The summed E-state index contributed by atoms with van der Waals surface area (Å²) in [6, 6.07) is 0.161. The number of methoxy groups -OCH3 is 1. The van der Waals surface area contributed by atoms with Crippen LogP contribution in [0.5, 0.6) is 5.75 Å². The SMILES string of the molecule is COCC1COc2cnc(Cl)nc2N1C. The summed E-state index contributed by atoms with van der Waals surface area (Å²) >= 11 is 5.73. The Morgan fingerprint density at radius 1 is 1.73 bits per heavy atom. The number of ether oxygens (including phenoxy) is 2. The molecule has 0 aliphatic carbocycles. The first-order valence-corrected chi connectivity index (χ1v) is 4.97. The number of nitrogens with zero attached hydrogens (tertiary/aromatic N) is 3. The Bertz CT molecular complexity index is 361. The third-order valence-corrected chi connectivity index (χ3v) is 2.56. The van der Waals surface area contributed by atoms with Gasteiger partial charge in [-0.25, -0.2) is 4.98 Å². The number of anilines is 1. The highest BCUT2D eigenvalue weighted by atomic mass is 35.5. The van der Waals surface area contributed by atoms with Crippen molar-refractivity contribution in [1.29, 1.82) is 0 Å². The Hall–Kier alpha value is -1.07. The summed E-state index contributed by atoms with van der Waals surface area (Å²) in [6.07, 6.45) is 1.59. The van der Waals surface area contributed by atoms with Gasteiger partial charge in [0.05, 0.1) is 18.8 Å². The fourth-order valence-electron chi connectivity index (χ4n) is 1.52. The van der Waals surface area contributed by atoms with Gasteiger partial charge in [0.1, 0.15) is 6.61 Å². The fourth-order valence-corrected chi connectivity index (χ4v) is 1.65. The molecular formula is C9H12ClN3O2. The normalized spacial score (nSPS) is 19.7. The lowest BCUT2D eigenvalue weighted by Crippen LogP contribution is -2.43. The molecule has 1 aliphatic rings. The summed E-state index contributed by atoms with van der Waals surface area (Å²) in [7, 11) is 3.60. The van der Waals surface area contributed by atoms with Crippen LogP contribution in [0.2, 0.25) is 5.28 Å². The van der Waals surface area contributed by atoms with Gasteiger partial charge in [-0.15, -0.1) is 0 Å². The van der Waals surface area contributed by atoms with Crippen LogP contribution in [0, 0.1) is 0 Å². The fraction of sp³-hybridized carbons (Fsp3) is 0.556. The quantitative estimate of drug-likeness (QED) is 0.708. The molecule has 0 saturated carbocycles. The van der Waals surface area contributed by atoms with E-state index in [0.717, 1.165) is 0 Å². The van der Waals surface area contributed by atoms with Crippen LogP contribution in [-0.4, -0.2) is 43.4 Å². The van der Waals surface area contributed by atoms with Gasteiger partial charge in [-0.1, -0.05) is 0 Å². The predicted molar refractivity (Wildman–Crippen MR) is 56.6 cm³/mol. The molecule has 0 radical (unpaired) electrons. The van der Waals surface area contributed by atoms with Crippen molar-refractivity contribution in [2.45, 2.75) is 6.04 Å². The van der Waals surface area contributed by atoms with E-state index in [1.807, 2.05) is 11.9 Å². The first-order valence-electron chi connectivity index (χ1n) is 4.59. The molecule has 1 aromatic rings. The number of hydrogen-bond acceptors (Lipinski definition) is 5. The van der Waals surface area contributed by atoms with Crippen molar-refractivity contribution in [3.05, 3.63) is 11.5 Å². The number of fused-ring (bicyclic) bond motifs is 1. The van der Waals surface area contributed by atoms with Gasteiger partial charge in [0.25, 0.3) is 0 Å². The molecule has 1 atom stereocenters. The maximum Gasteiger partial charge on any atom is 0.224 e. The number of likely N-dealkylation sites (N-methyl/N-ethyl adjacent to an activating group) is 1. The summed E-state index contributed by atoms with van der Waals surface area (Å²) in [5, 5.41) is 0.224. The Morgan fingerprint density at radius 3 is 3.27 bits per heavy atom. The lowest BCUT2D eigenvalue weighted by molar-refractivity contribution is 0.142. The third kappa shape index (κ3) is 1.98. The molecule has 1 aromatic heterocycles. The van der Waals surface area contributed by atoms with E-state index in [1.54, 1.807) is 13.3 Å². The van der Waals surface area contributed by atoms with Crippen molar-refractivity contribution in [3.8, 4) is 5.75 Å². The molecule has 0 spiro atoms. The number of aromatic nitrogens is 2. The second kappa shape index (κ2) is 4.20. The molecule has 1 unspecified atom stereocenters. The van der Waals surface area contributed by atoms with Crippen LogP contribution < -0.4 is 9.64 Å². The van der Waals surface area contributed by atoms with Crippen molar-refractivity contribution in [2.24, 2.45) is 0 Å². The van der Waals surface area contributed by atoms with E-state index in [0.29, 0.717) is 24.8 Å². The van der Waals surface area contributed by atoms with Crippen LogP contribution in [0.4, 0.5) is 5.82 Å². The maximum absolute atomic E-state index is 5.73. The van der Waals surface area contributed by atoms with E-state index in [2.05, 4.69) is 9.97 Å². The zero-order chi connectivity index (χ0) is 10.8. The van der Waals surface area contributed by atoms with Crippen LogP contribution in [-0.2, 0) is 4.74 Å². The summed E-state index contributed by atoms with van der Waals surface area (Å²) in [4.78, 5) is 9.99. The molecule has 5 nitrogen and oxygen atoms in total. The van der Waals surface area contributed by atoms with Crippen molar-refractivity contribution < 1.29 is 9.47 Å². The molecule has 0 amide bonds. The number of halogens is 1. The van der Waals surface area contributed by atoms with Crippen LogP contribution >= 0.6 is 11.6 Å². The molecule has 0 saturated heterocycles. The molecule has 0 bridgehead atoms. The zero-order valence-corrected chi connectivity index (χ0v) is 9.36. The third-order valence-electron chi connectivity index (χ3n) is 2.38. The van der Waals surface area contributed by atoms with E-state index in [-0.39, 0.29) is 11.3 Å². The molecule has 15 heavy (non-hydrogen) atoms. The highest BCUT2D eigenvalue weighted by Crippen LogP contribution is 2.30. The highest BCUT2D eigenvalue weighted by molar-refractivity contribution is 6.28. The molecule has 0 N–H and O–H groups in total. The topological polar surface area (TPSA) is 47.5 Å². The summed E-state index contributed by atoms with van der Waals surface area (Å²) in [5.41, 5.74) is 0. The number of hydrogen-bond donors (Lipinski definition) is 0. The molecule has 1 aliphatic heterocycles. The average Bonchev–Trinajstić information content (AvgIpc) is 2.23. The maximum atomic E-state index is 5.73. The molecule has 0 aromatic carbocycles. The molecule has 2 heterocycles. The molecular weight excluding hydrogens is 218 g/mol. The Kier molecular flexibility index (Phi) is 2.93. The van der Waals surface area contributed by atoms with Gasteiger partial charge in [-0.2, -0.15) is 4.98 Å². The average molecular weight is 230 g/mol. The van der Waals surface area contributed by atoms with Gasteiger partial charge in [-0.3, -0.25) is 0 Å². The van der Waals surface area contributed by atoms with Crippen LogP contribution in [0.15, 0.2) is 6.20 Å². The van der Waals surface area contributed by atoms with Gasteiger partial charge < -0.3 is 14.4 Å². The monoisotopic (exact) mass is 229 g/mol. The molecule has 0 fully saturated rings. The Morgan fingerprint density at radius 2 is 2.53 bits per heavy atom. The van der Waals surface area contributed by atoms with E-state index in [1.165, 1.54) is 0 Å². The first-order chi connectivity index (χ1) is 7.22. The van der Waals surface area contributed by atoms with Crippen LogP contribution in [0.3, 0.4) is 0 Å². The standard InChI is InChI=1S/C9H12ClN3O2/c1-13-6(4-14-2)5-15-7-3-11-9(10)12-8(7)13/h3,6H,4-5H2,1-2H3. The van der Waals surface area contributed by atoms with Gasteiger partial charge in [0, 0.05) is 14.2 Å². The second-order valence-corrected chi connectivity index (χ2v) is 3.70. The van der Waals surface area contributed by atoms with E-state index >= 15 is 0 Å². The van der Waals surface area contributed by atoms with Gasteiger partial charge in [0.2, 0.25) is 5.28 Å². The van der Waals surface area contributed by atoms with Crippen molar-refractivity contribution >= 4 is 17.4 Å². The van der Waals surface area contributed by atoms with E-state index in [4.69, 9.17) is 21.1 Å². The Labute approximate surface area is 93.0 Å². The van der Waals surface area contributed by atoms with Gasteiger partial charge >= 0.3 is 0 Å². The second-order valence-electron chi connectivity index (χ2n) is 3.36. The molecule has 82 valence electrons. The van der Waals surface area contributed by atoms with Crippen LogP contribution in [0.1, 0.15) is 0 Å². The van der Waals surface area contributed by atoms with Crippen molar-refractivity contribution in [2.75, 3.05) is 32.3 Å². The Balaban J connectivity index is 2.28. The molecule has 6 heteroatoms. The summed E-state index contributed by atoms with van der Waals surface area (Å²) in [6.45, 7) is 1.17. The van der Waals surface area contributed by atoms with Crippen LogP contribution in [0.25, 0.3) is 0 Å². The minimum atomic E-state index is 0.161. The first kappa shape index (κ1) is 10.4. The minimum absolute atomic E-state index is 0.161. The van der Waals surface area contributed by atoms with Crippen molar-refractivity contribution in [1.82, 2.24) is 9.97 Å². The zero-order valence-electron chi connectivity index (χ0n) is 8.61. The highest BCUT2D eigenvalue weighted by Gasteiger charge is 2.26. The largest absolute Gasteiger partial charge is 0.486 e. The minimum Gasteiger partial charge on any atom is -0.486 e. The van der Waals surface area contributed by atoms with Crippen molar-refractivity contribution in [3.63, 3.8) is 0 Å². The lowest BCUT2D eigenvalue weighted by atomic mass is 10.2. The lowest BCUT2D eigenvalue weighted by Gasteiger charge is -2.33. The molecule has 2 rings (SSSR count). The predicted octanol–water partition coefficient (Wildman–Crippen LogP) is 0.974. The number of rotatable bonds is 2. The van der Waals surface area contributed by atoms with Gasteiger partial charge in [-0.05, 0) is 11.6 Å². The summed E-state index contributed by atoms with van der Waals surface area (Å²) < 4.78 is 10.6. The van der Waals surface area contributed by atoms with E-state index in [9.17, 15) is 0 Å². The van der Waals surface area contributed by atoms with E-state index < -0.39 is 0 Å². The van der Waals surface area contributed by atoms with Gasteiger partial charge in [0.15, 0.2) is 11.6 Å². The summed E-state index contributed by atoms with van der Waals surface area (Å²) in [5.74, 6) is 1.37. The smallest absolute Gasteiger partial charge is 0.224 e.